The molecule has 2 heterocycles. The largest absolute Gasteiger partial charge is 0.364 e. The van der Waals surface area contributed by atoms with Crippen molar-refractivity contribution < 1.29 is 8.91 Å². The highest BCUT2D eigenvalue weighted by Gasteiger charge is 2.23. The number of aliphatic imine (C=N–C) groups is 1. The van der Waals surface area contributed by atoms with Crippen LogP contribution in [0.3, 0.4) is 0 Å². The number of halogens is 1. The Hall–Kier alpha value is -2.41. The van der Waals surface area contributed by atoms with E-state index in [-0.39, 0.29) is 11.2 Å². The molecule has 2 aromatic rings. The van der Waals surface area contributed by atoms with Gasteiger partial charge in [0.05, 0.1) is 12.2 Å². The molecule has 0 saturated carbocycles. The van der Waals surface area contributed by atoms with Crippen LogP contribution in [0.15, 0.2) is 46.1 Å². The lowest BCUT2D eigenvalue weighted by Gasteiger charge is -2.36. The lowest BCUT2D eigenvalue weighted by molar-refractivity contribution is 0.169. The van der Waals surface area contributed by atoms with E-state index in [4.69, 9.17) is 9.52 Å². The molecular formula is C21H30FN5O. The zero-order valence-electron chi connectivity index (χ0n) is 17.0. The molecule has 0 radical (unpaired) electrons. The van der Waals surface area contributed by atoms with Crippen molar-refractivity contribution in [2.45, 2.75) is 32.7 Å². The topological polar surface area (TPSA) is 56.9 Å². The number of aromatic nitrogens is 1. The van der Waals surface area contributed by atoms with E-state index in [0.29, 0.717) is 6.54 Å². The third-order valence-electron chi connectivity index (χ3n) is 5.13. The van der Waals surface area contributed by atoms with Gasteiger partial charge in [0.2, 0.25) is 0 Å². The first-order chi connectivity index (χ1) is 13.5. The van der Waals surface area contributed by atoms with Crippen LogP contribution in [0.2, 0.25) is 0 Å². The van der Waals surface area contributed by atoms with Crippen molar-refractivity contribution in [1.82, 2.24) is 20.3 Å². The van der Waals surface area contributed by atoms with Gasteiger partial charge in [0, 0.05) is 50.7 Å². The number of rotatable bonds is 6. The maximum atomic E-state index is 13.2. The highest BCUT2D eigenvalue weighted by atomic mass is 19.1. The third-order valence-corrected chi connectivity index (χ3v) is 5.13. The maximum absolute atomic E-state index is 13.2. The van der Waals surface area contributed by atoms with Gasteiger partial charge in [0.25, 0.3) is 0 Å². The van der Waals surface area contributed by atoms with E-state index in [2.05, 4.69) is 41.0 Å². The fraction of sp³-hybridized carbons (Fsp3) is 0.524. The molecule has 0 aliphatic carbocycles. The van der Waals surface area contributed by atoms with E-state index in [1.165, 1.54) is 12.1 Å². The lowest BCUT2D eigenvalue weighted by Crippen LogP contribution is -2.52. The third kappa shape index (κ3) is 5.32. The Morgan fingerprint density at radius 1 is 1.18 bits per heavy atom. The fourth-order valence-corrected chi connectivity index (χ4v) is 3.36. The van der Waals surface area contributed by atoms with Gasteiger partial charge in [-0.1, -0.05) is 31.1 Å². The van der Waals surface area contributed by atoms with Crippen LogP contribution in [0.25, 0.3) is 0 Å². The first-order valence-electron chi connectivity index (χ1n) is 9.89. The van der Waals surface area contributed by atoms with Gasteiger partial charge < -0.3 is 14.7 Å². The summed E-state index contributed by atoms with van der Waals surface area (Å²) in [5.41, 5.74) is 1.89. The number of benzene rings is 1. The number of hydrogen-bond acceptors (Lipinski definition) is 4. The summed E-state index contributed by atoms with van der Waals surface area (Å²) in [7, 11) is 0. The average molecular weight is 388 g/mol. The summed E-state index contributed by atoms with van der Waals surface area (Å²) >= 11 is 0. The Bertz CT molecular complexity index is 750. The molecule has 7 heteroatoms. The molecule has 28 heavy (non-hydrogen) atoms. The number of guanidine groups is 1. The predicted molar refractivity (Wildman–Crippen MR) is 109 cm³/mol. The molecule has 1 aromatic heterocycles. The quantitative estimate of drug-likeness (QED) is 0.610. The van der Waals surface area contributed by atoms with Gasteiger partial charge >= 0.3 is 0 Å². The molecule has 0 spiro atoms. The standard InChI is InChI=1S/C21H30FN5O/c1-4-23-20(24-16-21(2,3)17-5-7-18(22)8-6-17)27-12-10-26(11-13-27)15-19-9-14-28-25-19/h5-9,14H,4,10-13,15-16H2,1-3H3,(H,23,24). The Labute approximate surface area is 166 Å². The van der Waals surface area contributed by atoms with Gasteiger partial charge in [0.1, 0.15) is 12.1 Å². The van der Waals surface area contributed by atoms with Gasteiger partial charge in [-0.25, -0.2) is 4.39 Å². The highest BCUT2D eigenvalue weighted by molar-refractivity contribution is 5.80. The highest BCUT2D eigenvalue weighted by Crippen LogP contribution is 2.24. The smallest absolute Gasteiger partial charge is 0.194 e. The number of hydrogen-bond donors (Lipinski definition) is 1. The van der Waals surface area contributed by atoms with Crippen molar-refractivity contribution >= 4 is 5.96 Å². The van der Waals surface area contributed by atoms with Gasteiger partial charge in [-0.15, -0.1) is 0 Å². The molecule has 1 aliphatic rings. The zero-order valence-corrected chi connectivity index (χ0v) is 17.0. The summed E-state index contributed by atoms with van der Waals surface area (Å²) in [6.07, 6.45) is 1.62. The van der Waals surface area contributed by atoms with E-state index in [0.717, 1.165) is 56.5 Å². The minimum Gasteiger partial charge on any atom is -0.364 e. The van der Waals surface area contributed by atoms with Gasteiger partial charge in [-0.3, -0.25) is 9.89 Å². The number of nitrogens with zero attached hydrogens (tertiary/aromatic N) is 4. The van der Waals surface area contributed by atoms with Gasteiger partial charge in [-0.2, -0.15) is 0 Å². The molecule has 0 bridgehead atoms. The molecule has 0 atom stereocenters. The van der Waals surface area contributed by atoms with E-state index < -0.39 is 0 Å². The van der Waals surface area contributed by atoms with Gasteiger partial charge in [-0.05, 0) is 24.6 Å². The first-order valence-corrected chi connectivity index (χ1v) is 9.89. The molecule has 152 valence electrons. The maximum Gasteiger partial charge on any atom is 0.194 e. The van der Waals surface area contributed by atoms with Crippen LogP contribution in [0.5, 0.6) is 0 Å². The van der Waals surface area contributed by atoms with Crippen molar-refractivity contribution in [3.8, 4) is 0 Å². The second-order valence-corrected chi connectivity index (χ2v) is 7.81. The van der Waals surface area contributed by atoms with Crippen LogP contribution in [-0.4, -0.2) is 60.2 Å². The Morgan fingerprint density at radius 3 is 2.50 bits per heavy atom. The van der Waals surface area contributed by atoms with Crippen molar-refractivity contribution in [1.29, 1.82) is 0 Å². The number of nitrogens with one attached hydrogen (secondary N) is 1. The van der Waals surface area contributed by atoms with Crippen LogP contribution in [0.1, 0.15) is 32.0 Å². The minimum absolute atomic E-state index is 0.164. The number of piperazine rings is 1. The van der Waals surface area contributed by atoms with E-state index >= 15 is 0 Å². The molecule has 1 N–H and O–H groups in total. The summed E-state index contributed by atoms with van der Waals surface area (Å²) in [4.78, 5) is 9.58. The minimum atomic E-state index is -0.208. The molecule has 0 amide bonds. The molecule has 0 unspecified atom stereocenters. The fourth-order valence-electron chi connectivity index (χ4n) is 3.36. The second kappa shape index (κ2) is 9.19. The van der Waals surface area contributed by atoms with Crippen molar-refractivity contribution in [2.24, 2.45) is 4.99 Å². The Kier molecular flexibility index (Phi) is 6.67. The van der Waals surface area contributed by atoms with Crippen molar-refractivity contribution in [3.05, 3.63) is 53.7 Å². The first kappa shape index (κ1) is 20.3. The van der Waals surface area contributed by atoms with Gasteiger partial charge in [0.15, 0.2) is 5.96 Å². The Balaban J connectivity index is 1.60. The summed E-state index contributed by atoms with van der Waals surface area (Å²) < 4.78 is 18.1. The van der Waals surface area contributed by atoms with E-state index in [9.17, 15) is 4.39 Å². The zero-order chi connectivity index (χ0) is 20.0. The molecule has 1 aliphatic heterocycles. The van der Waals surface area contributed by atoms with E-state index in [1.54, 1.807) is 6.26 Å². The summed E-state index contributed by atoms with van der Waals surface area (Å²) in [6.45, 7) is 12.4. The summed E-state index contributed by atoms with van der Waals surface area (Å²) in [5.74, 6) is 0.735. The molecule has 1 aromatic carbocycles. The van der Waals surface area contributed by atoms with E-state index in [1.807, 2.05) is 18.2 Å². The Morgan fingerprint density at radius 2 is 1.89 bits per heavy atom. The molecule has 1 fully saturated rings. The average Bonchev–Trinajstić information content (AvgIpc) is 3.19. The predicted octanol–water partition coefficient (Wildman–Crippen LogP) is 2.87. The van der Waals surface area contributed by atoms with Crippen LogP contribution in [0, 0.1) is 5.82 Å². The van der Waals surface area contributed by atoms with Crippen LogP contribution in [-0.2, 0) is 12.0 Å². The monoisotopic (exact) mass is 387 g/mol. The normalized spacial score (nSPS) is 16.4. The lowest BCUT2D eigenvalue weighted by atomic mass is 9.85. The van der Waals surface area contributed by atoms with Crippen LogP contribution < -0.4 is 5.32 Å². The van der Waals surface area contributed by atoms with Crippen LogP contribution in [0.4, 0.5) is 4.39 Å². The van der Waals surface area contributed by atoms with Crippen LogP contribution >= 0.6 is 0 Å². The molecule has 1 saturated heterocycles. The summed E-state index contributed by atoms with van der Waals surface area (Å²) in [6, 6.07) is 8.64. The van der Waals surface area contributed by atoms with Crippen molar-refractivity contribution in [2.75, 3.05) is 39.3 Å². The molecular weight excluding hydrogens is 357 g/mol. The SMILES string of the molecule is CCNC(=NCC(C)(C)c1ccc(F)cc1)N1CCN(Cc2ccon2)CC1. The second-order valence-electron chi connectivity index (χ2n) is 7.81. The van der Waals surface area contributed by atoms with Crippen molar-refractivity contribution in [3.63, 3.8) is 0 Å². The molecule has 6 nitrogen and oxygen atoms in total. The summed E-state index contributed by atoms with van der Waals surface area (Å²) in [5, 5.41) is 7.41. The molecule has 3 rings (SSSR count).